The lowest BCUT2D eigenvalue weighted by molar-refractivity contribution is 0.622. The Hall–Kier alpha value is -2.63. The van der Waals surface area contributed by atoms with Crippen molar-refractivity contribution in [2.75, 3.05) is 0 Å². The van der Waals surface area contributed by atoms with Crippen LogP contribution in [0.4, 0.5) is 0 Å². The Balaban J connectivity index is 2.07. The monoisotopic (exact) mass is 324 g/mol. The van der Waals surface area contributed by atoms with Crippen LogP contribution in [0.5, 0.6) is 0 Å². The van der Waals surface area contributed by atoms with Gasteiger partial charge in [-0.15, -0.1) is 0 Å². The van der Waals surface area contributed by atoms with Crippen molar-refractivity contribution in [3.8, 4) is 0 Å². The van der Waals surface area contributed by atoms with Gasteiger partial charge in [-0.1, -0.05) is 13.5 Å². The van der Waals surface area contributed by atoms with Crippen molar-refractivity contribution in [3.05, 3.63) is 45.8 Å². The maximum absolute atomic E-state index is 12.7. The molecule has 124 valence electrons. The summed E-state index contributed by atoms with van der Waals surface area (Å²) in [5.41, 5.74) is 10.8. The Morgan fingerprint density at radius 2 is 2.12 bits per heavy atom. The summed E-state index contributed by atoms with van der Waals surface area (Å²) in [6.45, 7) is 5.97. The van der Waals surface area contributed by atoms with Gasteiger partial charge in [-0.2, -0.15) is 0 Å². The predicted octanol–water partition coefficient (Wildman–Crippen LogP) is 2.45. The molecule has 0 saturated carbocycles. The third kappa shape index (κ3) is 2.13. The van der Waals surface area contributed by atoms with Crippen LogP contribution in [0, 0.1) is 0 Å². The van der Waals surface area contributed by atoms with Gasteiger partial charge in [-0.05, 0) is 43.2 Å². The molecule has 6 heteroatoms. The van der Waals surface area contributed by atoms with Crippen molar-refractivity contribution in [1.82, 2.24) is 14.5 Å². The van der Waals surface area contributed by atoms with Crippen molar-refractivity contribution in [3.63, 3.8) is 0 Å². The minimum Gasteiger partial charge on any atom is -0.430 e. The summed E-state index contributed by atoms with van der Waals surface area (Å²) in [6.07, 6.45) is 6.73. The summed E-state index contributed by atoms with van der Waals surface area (Å²) in [6, 6.07) is 0. The van der Waals surface area contributed by atoms with Gasteiger partial charge in [-0.3, -0.25) is 9.36 Å². The van der Waals surface area contributed by atoms with E-state index >= 15 is 0 Å². The van der Waals surface area contributed by atoms with Crippen molar-refractivity contribution < 1.29 is 4.42 Å². The molecule has 0 atom stereocenters. The largest absolute Gasteiger partial charge is 0.430 e. The first-order valence-corrected chi connectivity index (χ1v) is 8.35. The molecule has 1 aliphatic carbocycles. The Kier molecular flexibility index (Phi) is 3.40. The highest BCUT2D eigenvalue weighted by atomic mass is 16.3. The molecular weight excluding hydrogens is 304 g/mol. The molecule has 0 saturated heterocycles. The minimum absolute atomic E-state index is 0.227. The SMILES string of the molecule is C=C(N)Cn1cnc2c(oc3nc(CC)c4c(c32)CCCC4)c1=O. The Bertz CT molecular complexity index is 1030. The third-order valence-corrected chi connectivity index (χ3v) is 4.71. The van der Waals surface area contributed by atoms with Crippen LogP contribution >= 0.6 is 0 Å². The lowest BCUT2D eigenvalue weighted by Gasteiger charge is -2.18. The summed E-state index contributed by atoms with van der Waals surface area (Å²) < 4.78 is 7.25. The number of pyridine rings is 1. The van der Waals surface area contributed by atoms with Crippen molar-refractivity contribution >= 4 is 22.2 Å². The zero-order valence-electron chi connectivity index (χ0n) is 13.8. The van der Waals surface area contributed by atoms with Gasteiger partial charge in [0.15, 0.2) is 0 Å². The quantitative estimate of drug-likeness (QED) is 0.799. The fourth-order valence-corrected chi connectivity index (χ4v) is 3.65. The zero-order valence-corrected chi connectivity index (χ0v) is 13.8. The molecule has 2 N–H and O–H groups in total. The van der Waals surface area contributed by atoms with E-state index in [9.17, 15) is 4.79 Å². The van der Waals surface area contributed by atoms with E-state index in [1.165, 1.54) is 28.4 Å². The normalized spacial score (nSPS) is 14.2. The number of aryl methyl sites for hydroxylation is 2. The second-order valence-electron chi connectivity index (χ2n) is 6.37. The fourth-order valence-electron chi connectivity index (χ4n) is 3.65. The minimum atomic E-state index is -0.243. The van der Waals surface area contributed by atoms with Gasteiger partial charge in [0.05, 0.1) is 18.3 Å². The molecule has 0 amide bonds. The molecule has 24 heavy (non-hydrogen) atoms. The standard InChI is InChI=1S/C18H20N4O2/c1-3-13-11-6-4-5-7-12(11)14-15-16(24-17(14)21-13)18(23)22(9-20-15)8-10(2)19/h9H,2-8,19H2,1H3. The number of aromatic nitrogens is 3. The number of allylic oxidation sites excluding steroid dienone is 1. The average Bonchev–Trinajstić information content (AvgIpc) is 2.95. The molecule has 0 aromatic carbocycles. The third-order valence-electron chi connectivity index (χ3n) is 4.71. The molecule has 4 rings (SSSR count). The highest BCUT2D eigenvalue weighted by Crippen LogP contribution is 2.34. The molecule has 0 radical (unpaired) electrons. The molecular formula is C18H20N4O2. The molecule has 1 aliphatic rings. The number of nitrogens with two attached hydrogens (primary N) is 1. The van der Waals surface area contributed by atoms with Crippen LogP contribution in [-0.2, 0) is 25.8 Å². The van der Waals surface area contributed by atoms with Crippen LogP contribution < -0.4 is 11.3 Å². The molecule has 0 unspecified atom stereocenters. The maximum Gasteiger partial charge on any atom is 0.297 e. The van der Waals surface area contributed by atoms with Gasteiger partial charge in [-0.25, -0.2) is 9.97 Å². The molecule has 3 heterocycles. The van der Waals surface area contributed by atoms with Crippen LogP contribution in [0.15, 0.2) is 27.8 Å². The number of fused-ring (bicyclic) bond motifs is 5. The Morgan fingerprint density at radius 3 is 2.83 bits per heavy atom. The van der Waals surface area contributed by atoms with E-state index in [2.05, 4.69) is 23.5 Å². The first-order chi connectivity index (χ1) is 11.6. The van der Waals surface area contributed by atoms with E-state index in [0.29, 0.717) is 16.9 Å². The number of hydrogen-bond acceptors (Lipinski definition) is 5. The van der Waals surface area contributed by atoms with Crippen molar-refractivity contribution in [2.24, 2.45) is 5.73 Å². The van der Waals surface area contributed by atoms with Crippen LogP contribution in [0.1, 0.15) is 36.6 Å². The van der Waals surface area contributed by atoms with Crippen LogP contribution in [-0.4, -0.2) is 14.5 Å². The summed E-state index contributed by atoms with van der Waals surface area (Å²) in [7, 11) is 0. The molecule has 0 spiro atoms. The van der Waals surface area contributed by atoms with E-state index in [4.69, 9.17) is 10.2 Å². The topological polar surface area (TPSA) is 86.9 Å². The maximum atomic E-state index is 12.7. The van der Waals surface area contributed by atoms with Crippen LogP contribution in [0.25, 0.3) is 22.2 Å². The van der Waals surface area contributed by atoms with E-state index in [1.807, 2.05) is 0 Å². The van der Waals surface area contributed by atoms with Crippen molar-refractivity contribution in [1.29, 1.82) is 0 Å². The lowest BCUT2D eigenvalue weighted by Crippen LogP contribution is -2.22. The van der Waals surface area contributed by atoms with Gasteiger partial charge < -0.3 is 10.2 Å². The summed E-state index contributed by atoms with van der Waals surface area (Å²) in [4.78, 5) is 21.8. The molecule has 0 bridgehead atoms. The predicted molar refractivity (Wildman–Crippen MR) is 92.9 cm³/mol. The van der Waals surface area contributed by atoms with E-state index < -0.39 is 0 Å². The van der Waals surface area contributed by atoms with Gasteiger partial charge in [0.1, 0.15) is 5.52 Å². The second-order valence-corrected chi connectivity index (χ2v) is 6.37. The first-order valence-electron chi connectivity index (χ1n) is 8.35. The summed E-state index contributed by atoms with van der Waals surface area (Å²) >= 11 is 0. The van der Waals surface area contributed by atoms with Gasteiger partial charge in [0, 0.05) is 11.4 Å². The van der Waals surface area contributed by atoms with Crippen LogP contribution in [0.2, 0.25) is 0 Å². The average molecular weight is 324 g/mol. The number of rotatable bonds is 3. The first kappa shape index (κ1) is 14.9. The fraction of sp³-hybridized carbons (Fsp3) is 0.389. The highest BCUT2D eigenvalue weighted by molar-refractivity contribution is 6.03. The molecule has 3 aromatic rings. The van der Waals surface area contributed by atoms with Crippen LogP contribution in [0.3, 0.4) is 0 Å². The van der Waals surface area contributed by atoms with Gasteiger partial charge in [0.2, 0.25) is 11.3 Å². The Labute approximate surface area is 139 Å². The van der Waals surface area contributed by atoms with Crippen molar-refractivity contribution in [2.45, 2.75) is 45.6 Å². The molecule has 0 fully saturated rings. The van der Waals surface area contributed by atoms with E-state index in [-0.39, 0.29) is 17.7 Å². The highest BCUT2D eigenvalue weighted by Gasteiger charge is 2.23. The van der Waals surface area contributed by atoms with Gasteiger partial charge in [0.25, 0.3) is 5.56 Å². The Morgan fingerprint density at radius 1 is 1.38 bits per heavy atom. The second kappa shape index (κ2) is 5.47. The van der Waals surface area contributed by atoms with E-state index in [1.54, 1.807) is 0 Å². The number of hydrogen-bond donors (Lipinski definition) is 1. The lowest BCUT2D eigenvalue weighted by atomic mass is 9.88. The molecule has 6 nitrogen and oxygen atoms in total. The zero-order chi connectivity index (χ0) is 16.8. The number of nitrogens with zero attached hydrogens (tertiary/aromatic N) is 3. The summed E-state index contributed by atoms with van der Waals surface area (Å²) in [5, 5.41) is 0.910. The smallest absolute Gasteiger partial charge is 0.297 e. The van der Waals surface area contributed by atoms with Gasteiger partial charge >= 0.3 is 0 Å². The molecule has 3 aromatic heterocycles. The number of furan rings is 1. The molecule has 0 aliphatic heterocycles. The summed E-state index contributed by atoms with van der Waals surface area (Å²) in [5.74, 6) is 0. The van der Waals surface area contributed by atoms with E-state index in [0.717, 1.165) is 36.8 Å².